The van der Waals surface area contributed by atoms with Crippen molar-refractivity contribution in [1.82, 2.24) is 5.32 Å². The average molecular weight is 253 g/mol. The maximum atomic E-state index is 12.0. The molecule has 2 atom stereocenters. The molecule has 0 saturated heterocycles. The minimum atomic E-state index is -4.55. The van der Waals surface area contributed by atoms with Gasteiger partial charge in [-0.2, -0.15) is 24.5 Å². The average Bonchev–Trinajstić information content (AvgIpc) is 2.65. The smallest absolute Gasteiger partial charge is 0.382 e. The number of thiophene rings is 1. The molecule has 92 valence electrons. The fraction of sp³-hybridized carbons (Fsp3) is 0.600. The topological polar surface area (TPSA) is 32.3 Å². The van der Waals surface area contributed by atoms with Crippen LogP contribution < -0.4 is 5.32 Å². The van der Waals surface area contributed by atoms with Gasteiger partial charge in [0.05, 0.1) is 0 Å². The number of rotatable bonds is 5. The second-order valence-electron chi connectivity index (χ2n) is 3.70. The van der Waals surface area contributed by atoms with Crippen LogP contribution in [0.4, 0.5) is 13.2 Å². The molecule has 0 radical (unpaired) electrons. The van der Waals surface area contributed by atoms with Crippen LogP contribution in [0.15, 0.2) is 16.8 Å². The minimum absolute atomic E-state index is 0.0911. The van der Waals surface area contributed by atoms with Crippen molar-refractivity contribution < 1.29 is 18.3 Å². The van der Waals surface area contributed by atoms with E-state index in [1.165, 1.54) is 0 Å². The number of nitrogens with one attached hydrogen (secondary N) is 1. The molecule has 0 saturated carbocycles. The van der Waals surface area contributed by atoms with E-state index in [2.05, 4.69) is 5.32 Å². The Morgan fingerprint density at radius 1 is 1.50 bits per heavy atom. The first-order valence-corrected chi connectivity index (χ1v) is 5.83. The number of halogens is 3. The highest BCUT2D eigenvalue weighted by molar-refractivity contribution is 7.07. The van der Waals surface area contributed by atoms with Gasteiger partial charge in [-0.1, -0.05) is 0 Å². The van der Waals surface area contributed by atoms with Crippen LogP contribution >= 0.6 is 11.3 Å². The van der Waals surface area contributed by atoms with Gasteiger partial charge < -0.3 is 10.4 Å². The molecule has 0 amide bonds. The van der Waals surface area contributed by atoms with E-state index in [0.29, 0.717) is 6.42 Å². The summed E-state index contributed by atoms with van der Waals surface area (Å²) in [6, 6.07) is 1.84. The SMILES string of the molecule is CC(Cc1ccsc1)NCC(O)C(F)(F)F. The van der Waals surface area contributed by atoms with Gasteiger partial charge in [-0.25, -0.2) is 0 Å². The molecule has 0 aliphatic heterocycles. The lowest BCUT2D eigenvalue weighted by molar-refractivity contribution is -0.202. The third kappa shape index (κ3) is 4.51. The molecule has 0 aromatic carbocycles. The highest BCUT2D eigenvalue weighted by Gasteiger charge is 2.37. The predicted molar refractivity (Wildman–Crippen MR) is 57.5 cm³/mol. The lowest BCUT2D eigenvalue weighted by atomic mass is 10.1. The third-order valence-electron chi connectivity index (χ3n) is 2.16. The molecule has 2 N–H and O–H groups in total. The Morgan fingerprint density at radius 3 is 2.69 bits per heavy atom. The second kappa shape index (κ2) is 5.65. The van der Waals surface area contributed by atoms with Crippen molar-refractivity contribution in [2.24, 2.45) is 0 Å². The van der Waals surface area contributed by atoms with Gasteiger partial charge in [-0.15, -0.1) is 0 Å². The molecule has 6 heteroatoms. The quantitative estimate of drug-likeness (QED) is 0.843. The van der Waals surface area contributed by atoms with E-state index in [1.807, 2.05) is 16.8 Å². The van der Waals surface area contributed by atoms with Crippen LogP contribution in [0.1, 0.15) is 12.5 Å². The zero-order valence-corrected chi connectivity index (χ0v) is 9.61. The molecule has 2 unspecified atom stereocenters. The lowest BCUT2D eigenvalue weighted by Crippen LogP contribution is -2.42. The van der Waals surface area contributed by atoms with Crippen molar-refractivity contribution in [3.8, 4) is 0 Å². The van der Waals surface area contributed by atoms with E-state index in [9.17, 15) is 13.2 Å². The second-order valence-corrected chi connectivity index (χ2v) is 4.48. The highest BCUT2D eigenvalue weighted by atomic mass is 32.1. The van der Waals surface area contributed by atoms with Crippen molar-refractivity contribution in [3.63, 3.8) is 0 Å². The highest BCUT2D eigenvalue weighted by Crippen LogP contribution is 2.19. The van der Waals surface area contributed by atoms with Gasteiger partial charge in [0, 0.05) is 12.6 Å². The van der Waals surface area contributed by atoms with E-state index in [1.54, 1.807) is 18.3 Å². The maximum absolute atomic E-state index is 12.0. The Hall–Kier alpha value is -0.590. The molecule has 2 nitrogen and oxygen atoms in total. The first-order chi connectivity index (χ1) is 7.39. The van der Waals surface area contributed by atoms with Crippen LogP contribution in [0, 0.1) is 0 Å². The van der Waals surface area contributed by atoms with Gasteiger partial charge >= 0.3 is 6.18 Å². The van der Waals surface area contributed by atoms with Crippen LogP contribution in [-0.2, 0) is 6.42 Å². The van der Waals surface area contributed by atoms with Gasteiger partial charge in [0.15, 0.2) is 6.10 Å². The molecule has 1 aromatic rings. The van der Waals surface area contributed by atoms with Crippen LogP contribution in [-0.4, -0.2) is 30.0 Å². The number of alkyl halides is 3. The van der Waals surface area contributed by atoms with E-state index in [-0.39, 0.29) is 6.04 Å². The van der Waals surface area contributed by atoms with Crippen molar-refractivity contribution in [2.45, 2.75) is 31.7 Å². The summed E-state index contributed by atoms with van der Waals surface area (Å²) in [5, 5.41) is 15.3. The van der Waals surface area contributed by atoms with Crippen molar-refractivity contribution in [2.75, 3.05) is 6.54 Å². The van der Waals surface area contributed by atoms with Crippen LogP contribution in [0.2, 0.25) is 0 Å². The third-order valence-corrected chi connectivity index (χ3v) is 2.89. The predicted octanol–water partition coefficient (Wildman–Crippen LogP) is 2.19. The Morgan fingerprint density at radius 2 is 2.19 bits per heavy atom. The zero-order valence-electron chi connectivity index (χ0n) is 8.79. The largest absolute Gasteiger partial charge is 0.415 e. The van der Waals surface area contributed by atoms with Gasteiger partial charge in [0.2, 0.25) is 0 Å². The number of aliphatic hydroxyl groups excluding tert-OH is 1. The van der Waals surface area contributed by atoms with Crippen molar-refractivity contribution >= 4 is 11.3 Å². The fourth-order valence-corrected chi connectivity index (χ4v) is 1.94. The summed E-state index contributed by atoms with van der Waals surface area (Å²) in [5.74, 6) is 0. The van der Waals surface area contributed by atoms with Crippen LogP contribution in [0.25, 0.3) is 0 Å². The fourth-order valence-electron chi connectivity index (χ4n) is 1.26. The maximum Gasteiger partial charge on any atom is 0.415 e. The molecule has 1 rings (SSSR count). The molecule has 1 heterocycles. The number of hydrogen-bond donors (Lipinski definition) is 2. The van der Waals surface area contributed by atoms with E-state index in [4.69, 9.17) is 5.11 Å². The van der Waals surface area contributed by atoms with Crippen LogP contribution in [0.5, 0.6) is 0 Å². The normalized spacial score (nSPS) is 16.1. The molecular formula is C10H14F3NOS. The molecule has 0 fully saturated rings. The summed E-state index contributed by atoms with van der Waals surface area (Å²) in [6.07, 6.45) is -6.18. The molecule has 0 spiro atoms. The van der Waals surface area contributed by atoms with E-state index >= 15 is 0 Å². The van der Waals surface area contributed by atoms with Crippen LogP contribution in [0.3, 0.4) is 0 Å². The van der Waals surface area contributed by atoms with Gasteiger partial charge in [0.25, 0.3) is 0 Å². The molecule has 1 aromatic heterocycles. The molecular weight excluding hydrogens is 239 g/mol. The lowest BCUT2D eigenvalue weighted by Gasteiger charge is -2.18. The minimum Gasteiger partial charge on any atom is -0.382 e. The van der Waals surface area contributed by atoms with Crippen molar-refractivity contribution in [1.29, 1.82) is 0 Å². The molecule has 0 aliphatic rings. The Labute approximate surface area is 96.1 Å². The molecule has 0 bridgehead atoms. The van der Waals surface area contributed by atoms with E-state index in [0.717, 1.165) is 5.56 Å². The zero-order chi connectivity index (χ0) is 12.2. The number of hydrogen-bond acceptors (Lipinski definition) is 3. The Kier molecular flexibility index (Phi) is 4.76. The summed E-state index contributed by atoms with van der Waals surface area (Å²) in [7, 11) is 0. The van der Waals surface area contributed by atoms with Gasteiger partial charge in [0.1, 0.15) is 0 Å². The van der Waals surface area contributed by atoms with Gasteiger partial charge in [-0.3, -0.25) is 0 Å². The standard InChI is InChI=1S/C10H14F3NOS/c1-7(4-8-2-3-16-6-8)14-5-9(15)10(11,12)13/h2-3,6-7,9,14-15H,4-5H2,1H3. The summed E-state index contributed by atoms with van der Waals surface area (Å²) in [5.41, 5.74) is 1.09. The molecule has 16 heavy (non-hydrogen) atoms. The van der Waals surface area contributed by atoms with E-state index < -0.39 is 18.8 Å². The van der Waals surface area contributed by atoms with Crippen molar-refractivity contribution in [3.05, 3.63) is 22.4 Å². The summed E-state index contributed by atoms with van der Waals surface area (Å²) in [4.78, 5) is 0. The first kappa shape index (κ1) is 13.5. The molecule has 0 aliphatic carbocycles. The van der Waals surface area contributed by atoms with Gasteiger partial charge in [-0.05, 0) is 35.7 Å². The number of aliphatic hydroxyl groups is 1. The summed E-state index contributed by atoms with van der Waals surface area (Å²) < 4.78 is 36.0. The Balaban J connectivity index is 2.28. The summed E-state index contributed by atoms with van der Waals surface area (Å²) >= 11 is 1.55. The summed E-state index contributed by atoms with van der Waals surface area (Å²) in [6.45, 7) is 1.33. The monoisotopic (exact) mass is 253 g/mol. The Bertz CT molecular complexity index is 300. The first-order valence-electron chi connectivity index (χ1n) is 4.89.